The molecule has 1 aliphatic rings. The fourth-order valence-electron chi connectivity index (χ4n) is 2.05. The summed E-state index contributed by atoms with van der Waals surface area (Å²) in [4.78, 5) is 0. The Bertz CT molecular complexity index is 335. The molecule has 17 heavy (non-hydrogen) atoms. The number of nitrogens with one attached hydrogen (secondary N) is 1. The van der Waals surface area contributed by atoms with Gasteiger partial charge in [0.25, 0.3) is 0 Å². The average molecular weight is 235 g/mol. The summed E-state index contributed by atoms with van der Waals surface area (Å²) in [6.07, 6.45) is 2.64. The maximum atomic E-state index is 5.78. The zero-order valence-corrected chi connectivity index (χ0v) is 10.4. The molecular weight excluding hydrogens is 214 g/mol. The first-order valence-electron chi connectivity index (χ1n) is 6.37. The van der Waals surface area contributed by atoms with Crippen LogP contribution >= 0.6 is 0 Å². The van der Waals surface area contributed by atoms with E-state index in [-0.39, 0.29) is 0 Å². The normalized spacial score (nSPS) is 17.0. The largest absolute Gasteiger partial charge is 0.491 e. The lowest BCUT2D eigenvalue weighted by Gasteiger charge is -2.23. The van der Waals surface area contributed by atoms with Gasteiger partial charge >= 0.3 is 0 Å². The molecule has 1 aliphatic heterocycles. The molecule has 3 heteroatoms. The van der Waals surface area contributed by atoms with Crippen LogP contribution in [0.15, 0.2) is 24.3 Å². The topological polar surface area (TPSA) is 30.5 Å². The summed E-state index contributed by atoms with van der Waals surface area (Å²) in [7, 11) is 0. The highest BCUT2D eigenvalue weighted by Gasteiger charge is 2.12. The van der Waals surface area contributed by atoms with E-state index in [2.05, 4.69) is 18.3 Å². The Kier molecular flexibility index (Phi) is 4.83. The van der Waals surface area contributed by atoms with Crippen LogP contribution in [-0.2, 0) is 4.74 Å². The van der Waals surface area contributed by atoms with Crippen molar-refractivity contribution in [3.05, 3.63) is 29.8 Å². The third-order valence-electron chi connectivity index (χ3n) is 3.07. The molecule has 3 nitrogen and oxygen atoms in total. The molecule has 1 N–H and O–H groups in total. The Morgan fingerprint density at radius 3 is 2.71 bits per heavy atom. The Labute approximate surface area is 103 Å². The van der Waals surface area contributed by atoms with Crippen molar-refractivity contribution in [2.24, 2.45) is 0 Å². The van der Waals surface area contributed by atoms with Gasteiger partial charge < -0.3 is 14.8 Å². The van der Waals surface area contributed by atoms with Gasteiger partial charge in [-0.25, -0.2) is 0 Å². The first kappa shape index (κ1) is 12.4. The molecule has 0 amide bonds. The summed E-state index contributed by atoms with van der Waals surface area (Å²) in [6.45, 7) is 5.52. The van der Waals surface area contributed by atoms with Gasteiger partial charge in [0.05, 0.1) is 12.7 Å². The maximum Gasteiger partial charge on any atom is 0.122 e. The highest BCUT2D eigenvalue weighted by molar-refractivity contribution is 5.31. The van der Waals surface area contributed by atoms with Crippen molar-refractivity contribution in [3.63, 3.8) is 0 Å². The number of para-hydroxylation sites is 1. The smallest absolute Gasteiger partial charge is 0.122 e. The van der Waals surface area contributed by atoms with Crippen molar-refractivity contribution in [3.8, 4) is 5.75 Å². The summed E-state index contributed by atoms with van der Waals surface area (Å²) >= 11 is 0. The Morgan fingerprint density at radius 1 is 1.18 bits per heavy atom. The van der Waals surface area contributed by atoms with Gasteiger partial charge in [-0.05, 0) is 44.5 Å². The van der Waals surface area contributed by atoms with Gasteiger partial charge in [0.1, 0.15) is 12.4 Å². The van der Waals surface area contributed by atoms with Crippen LogP contribution in [0.3, 0.4) is 0 Å². The van der Waals surface area contributed by atoms with Crippen molar-refractivity contribution in [2.45, 2.75) is 25.9 Å². The molecular formula is C14H21NO2. The summed E-state index contributed by atoms with van der Waals surface area (Å²) < 4.78 is 11.5. The van der Waals surface area contributed by atoms with Crippen LogP contribution in [0.2, 0.25) is 0 Å². The zero-order valence-electron chi connectivity index (χ0n) is 10.4. The van der Waals surface area contributed by atoms with E-state index in [1.165, 1.54) is 5.56 Å². The molecule has 1 fully saturated rings. The molecule has 0 aromatic heterocycles. The van der Waals surface area contributed by atoms with Gasteiger partial charge in [0.15, 0.2) is 0 Å². The summed E-state index contributed by atoms with van der Waals surface area (Å²) in [5.41, 5.74) is 1.18. The number of aryl methyl sites for hydroxylation is 1. The van der Waals surface area contributed by atoms with Crippen LogP contribution in [-0.4, -0.2) is 32.4 Å². The summed E-state index contributed by atoms with van der Waals surface area (Å²) in [5.74, 6) is 0.960. The van der Waals surface area contributed by atoms with Crippen molar-refractivity contribution in [1.29, 1.82) is 0 Å². The van der Waals surface area contributed by atoms with E-state index in [1.54, 1.807) is 0 Å². The molecule has 2 rings (SSSR count). The minimum absolute atomic E-state index is 0.414. The number of ether oxygens (including phenoxy) is 2. The van der Waals surface area contributed by atoms with Crippen LogP contribution in [0.1, 0.15) is 18.4 Å². The predicted octanol–water partition coefficient (Wildman–Crippen LogP) is 2.14. The molecule has 0 saturated carbocycles. The fraction of sp³-hybridized carbons (Fsp3) is 0.571. The molecule has 0 atom stereocenters. The minimum Gasteiger partial charge on any atom is -0.491 e. The fourth-order valence-corrected chi connectivity index (χ4v) is 2.05. The number of rotatable bonds is 5. The van der Waals surface area contributed by atoms with E-state index in [1.807, 2.05) is 18.2 Å². The lowest BCUT2D eigenvalue weighted by molar-refractivity contribution is 0.0167. The molecule has 0 radical (unpaired) electrons. The van der Waals surface area contributed by atoms with E-state index < -0.39 is 0 Å². The summed E-state index contributed by atoms with van der Waals surface area (Å²) in [6, 6.07) is 8.08. The Morgan fingerprint density at radius 2 is 1.94 bits per heavy atom. The third kappa shape index (κ3) is 4.02. The zero-order chi connectivity index (χ0) is 11.9. The lowest BCUT2D eigenvalue weighted by Crippen LogP contribution is -2.33. The van der Waals surface area contributed by atoms with E-state index >= 15 is 0 Å². The second-order valence-corrected chi connectivity index (χ2v) is 4.43. The molecule has 0 bridgehead atoms. The maximum absolute atomic E-state index is 5.78. The van der Waals surface area contributed by atoms with Crippen molar-refractivity contribution in [2.75, 3.05) is 26.3 Å². The first-order chi connectivity index (χ1) is 8.36. The van der Waals surface area contributed by atoms with Crippen LogP contribution in [0.25, 0.3) is 0 Å². The second kappa shape index (κ2) is 6.62. The Hall–Kier alpha value is -1.06. The van der Waals surface area contributed by atoms with Gasteiger partial charge in [-0.3, -0.25) is 0 Å². The van der Waals surface area contributed by atoms with E-state index in [0.717, 1.165) is 31.7 Å². The number of hydrogen-bond donors (Lipinski definition) is 1. The highest BCUT2D eigenvalue weighted by Crippen LogP contribution is 2.16. The van der Waals surface area contributed by atoms with Crippen molar-refractivity contribution >= 4 is 0 Å². The van der Waals surface area contributed by atoms with Crippen molar-refractivity contribution in [1.82, 2.24) is 5.32 Å². The first-order valence-corrected chi connectivity index (χ1v) is 6.37. The second-order valence-electron chi connectivity index (χ2n) is 4.43. The quantitative estimate of drug-likeness (QED) is 0.793. The van der Waals surface area contributed by atoms with E-state index in [0.29, 0.717) is 19.3 Å². The molecule has 1 heterocycles. The monoisotopic (exact) mass is 235 g/mol. The minimum atomic E-state index is 0.414. The van der Waals surface area contributed by atoms with Gasteiger partial charge in [-0.1, -0.05) is 18.2 Å². The molecule has 1 saturated heterocycles. The summed E-state index contributed by atoms with van der Waals surface area (Å²) in [5, 5.41) is 3.33. The number of piperidine rings is 1. The lowest BCUT2D eigenvalue weighted by atomic mass is 10.1. The molecule has 1 aromatic carbocycles. The SMILES string of the molecule is Cc1ccccc1OCCOC1CCNCC1. The van der Waals surface area contributed by atoms with Crippen LogP contribution < -0.4 is 10.1 Å². The van der Waals surface area contributed by atoms with Gasteiger partial charge in [0.2, 0.25) is 0 Å². The van der Waals surface area contributed by atoms with Gasteiger partial charge in [-0.2, -0.15) is 0 Å². The van der Waals surface area contributed by atoms with E-state index in [4.69, 9.17) is 9.47 Å². The third-order valence-corrected chi connectivity index (χ3v) is 3.07. The average Bonchev–Trinajstić information content (AvgIpc) is 2.38. The molecule has 0 spiro atoms. The van der Waals surface area contributed by atoms with Crippen molar-refractivity contribution < 1.29 is 9.47 Å². The number of benzene rings is 1. The highest BCUT2D eigenvalue weighted by atomic mass is 16.5. The van der Waals surface area contributed by atoms with E-state index in [9.17, 15) is 0 Å². The van der Waals surface area contributed by atoms with Crippen LogP contribution in [0.4, 0.5) is 0 Å². The molecule has 0 unspecified atom stereocenters. The standard InChI is InChI=1S/C14H21NO2/c1-12-4-2-3-5-14(12)17-11-10-16-13-6-8-15-9-7-13/h2-5,13,15H,6-11H2,1H3. The number of hydrogen-bond acceptors (Lipinski definition) is 3. The van der Waals surface area contributed by atoms with Gasteiger partial charge in [0, 0.05) is 0 Å². The predicted molar refractivity (Wildman–Crippen MR) is 68.5 cm³/mol. The molecule has 94 valence electrons. The molecule has 0 aliphatic carbocycles. The van der Waals surface area contributed by atoms with Crippen LogP contribution in [0, 0.1) is 6.92 Å². The van der Waals surface area contributed by atoms with Gasteiger partial charge in [-0.15, -0.1) is 0 Å². The van der Waals surface area contributed by atoms with Crippen LogP contribution in [0.5, 0.6) is 5.75 Å². The molecule has 1 aromatic rings. The Balaban J connectivity index is 1.64.